The Balaban J connectivity index is 1.36. The van der Waals surface area contributed by atoms with Crippen molar-refractivity contribution in [1.29, 1.82) is 0 Å². The normalized spacial score (nSPS) is 18.8. The third-order valence-electron chi connectivity index (χ3n) is 6.97. The lowest BCUT2D eigenvalue weighted by Crippen LogP contribution is -2.23. The van der Waals surface area contributed by atoms with E-state index in [-0.39, 0.29) is 17.3 Å². The van der Waals surface area contributed by atoms with Crippen LogP contribution in [0.3, 0.4) is 0 Å². The summed E-state index contributed by atoms with van der Waals surface area (Å²) in [5, 5.41) is 18.3. The van der Waals surface area contributed by atoms with Gasteiger partial charge in [0.25, 0.3) is 11.5 Å². The van der Waals surface area contributed by atoms with Crippen molar-refractivity contribution in [3.05, 3.63) is 70.8 Å². The summed E-state index contributed by atoms with van der Waals surface area (Å²) >= 11 is 0. The maximum Gasteiger partial charge on any atom is 0.274 e. The molecule has 1 aliphatic carbocycles. The topological polar surface area (TPSA) is 116 Å². The second kappa shape index (κ2) is 9.62. The molecule has 1 fully saturated rings. The summed E-state index contributed by atoms with van der Waals surface area (Å²) in [6.07, 6.45) is 10.5. The van der Waals surface area contributed by atoms with Gasteiger partial charge in [-0.05, 0) is 50.8 Å². The average molecular weight is 491 g/mol. The Morgan fingerprint density at radius 2 is 1.94 bits per heavy atom. The van der Waals surface area contributed by atoms with Gasteiger partial charge in [0.1, 0.15) is 23.4 Å². The van der Waals surface area contributed by atoms with Crippen molar-refractivity contribution in [2.24, 2.45) is 7.05 Å². The molecule has 2 N–H and O–H groups in total. The van der Waals surface area contributed by atoms with Crippen LogP contribution in [0.4, 0.5) is 5.69 Å². The van der Waals surface area contributed by atoms with E-state index in [2.05, 4.69) is 14.9 Å². The summed E-state index contributed by atoms with van der Waals surface area (Å²) in [5.74, 6) is 0.682. The number of ether oxygens (including phenoxy) is 1. The van der Waals surface area contributed by atoms with E-state index in [1.165, 1.54) is 11.7 Å². The predicted molar refractivity (Wildman–Crippen MR) is 135 cm³/mol. The first-order chi connectivity index (χ1) is 17.4. The van der Waals surface area contributed by atoms with Crippen LogP contribution in [0.25, 0.3) is 10.9 Å². The first kappa shape index (κ1) is 23.8. The van der Waals surface area contributed by atoms with Gasteiger partial charge in [-0.25, -0.2) is 4.98 Å². The number of amides is 1. The number of methoxy groups -OCH3 is 1. The first-order valence-electron chi connectivity index (χ1n) is 12.1. The molecule has 1 saturated carbocycles. The van der Waals surface area contributed by atoms with Crippen molar-refractivity contribution >= 4 is 22.5 Å². The SMILES string of the molecule is COc1cc2nn([C@H]3CC[C@H](n4ccnc4C(C)O)CC3)cc2cc1C(=O)Nc1cccn(C)c1=O. The summed E-state index contributed by atoms with van der Waals surface area (Å²) in [7, 11) is 3.14. The number of aromatic nitrogens is 5. The van der Waals surface area contributed by atoms with Crippen LogP contribution in [0, 0.1) is 0 Å². The van der Waals surface area contributed by atoms with Crippen LogP contribution in [-0.4, -0.2) is 42.0 Å². The van der Waals surface area contributed by atoms with E-state index in [0.717, 1.165) is 36.6 Å². The van der Waals surface area contributed by atoms with Gasteiger partial charge < -0.3 is 24.3 Å². The smallest absolute Gasteiger partial charge is 0.274 e. The Morgan fingerprint density at radius 1 is 1.19 bits per heavy atom. The molecule has 10 nitrogen and oxygen atoms in total. The van der Waals surface area contributed by atoms with E-state index >= 15 is 0 Å². The maximum absolute atomic E-state index is 13.0. The largest absolute Gasteiger partial charge is 0.496 e. The number of benzene rings is 1. The fraction of sp³-hybridized carbons (Fsp3) is 0.385. The van der Waals surface area contributed by atoms with Crippen LogP contribution in [0.15, 0.2) is 53.8 Å². The quantitative estimate of drug-likeness (QED) is 0.427. The Morgan fingerprint density at radius 3 is 2.67 bits per heavy atom. The van der Waals surface area contributed by atoms with Crippen molar-refractivity contribution in [2.75, 3.05) is 12.4 Å². The van der Waals surface area contributed by atoms with Gasteiger partial charge in [-0.3, -0.25) is 14.3 Å². The molecule has 5 rings (SSSR count). The minimum atomic E-state index is -0.597. The van der Waals surface area contributed by atoms with Crippen LogP contribution in [-0.2, 0) is 7.05 Å². The van der Waals surface area contributed by atoms with E-state index in [1.807, 2.05) is 17.1 Å². The van der Waals surface area contributed by atoms with Crippen molar-refractivity contribution in [3.63, 3.8) is 0 Å². The zero-order valence-corrected chi connectivity index (χ0v) is 20.6. The predicted octanol–water partition coefficient (Wildman–Crippen LogP) is 3.60. The molecule has 0 spiro atoms. The molecule has 0 saturated heterocycles. The number of aliphatic hydroxyl groups excluding tert-OH is 1. The first-order valence-corrected chi connectivity index (χ1v) is 12.1. The number of aliphatic hydroxyl groups is 1. The molecule has 1 aliphatic rings. The third kappa shape index (κ3) is 4.39. The van der Waals surface area contributed by atoms with Crippen molar-refractivity contribution in [1.82, 2.24) is 23.9 Å². The van der Waals surface area contributed by atoms with Crippen molar-refractivity contribution in [3.8, 4) is 5.75 Å². The number of carbonyl (C=O) groups is 1. The average Bonchev–Trinajstić information content (AvgIpc) is 3.53. The Bertz CT molecular complexity index is 1460. The number of nitrogens with one attached hydrogen (secondary N) is 1. The molecule has 188 valence electrons. The molecule has 1 amide bonds. The molecule has 10 heteroatoms. The van der Waals surface area contributed by atoms with Gasteiger partial charge in [-0.1, -0.05) is 0 Å². The highest BCUT2D eigenvalue weighted by Crippen LogP contribution is 2.37. The molecule has 0 radical (unpaired) electrons. The Kier molecular flexibility index (Phi) is 6.36. The van der Waals surface area contributed by atoms with Crippen molar-refractivity contribution in [2.45, 2.75) is 50.8 Å². The van der Waals surface area contributed by atoms with E-state index in [0.29, 0.717) is 23.2 Å². The van der Waals surface area contributed by atoms with Gasteiger partial charge in [0, 0.05) is 49.3 Å². The molecule has 1 aromatic carbocycles. The fourth-order valence-electron chi connectivity index (χ4n) is 5.04. The van der Waals surface area contributed by atoms with Gasteiger partial charge in [-0.2, -0.15) is 5.10 Å². The van der Waals surface area contributed by atoms with Gasteiger partial charge in [0.05, 0.1) is 24.2 Å². The molecule has 3 heterocycles. The Hall–Kier alpha value is -3.92. The number of hydrogen-bond acceptors (Lipinski definition) is 6. The lowest BCUT2D eigenvalue weighted by Gasteiger charge is -2.30. The van der Waals surface area contributed by atoms with Gasteiger partial charge in [0.2, 0.25) is 0 Å². The highest BCUT2D eigenvalue weighted by atomic mass is 16.5. The Labute approximate surface area is 208 Å². The van der Waals surface area contributed by atoms with Gasteiger partial charge in [-0.15, -0.1) is 0 Å². The van der Waals surface area contributed by atoms with E-state index in [9.17, 15) is 14.7 Å². The minimum Gasteiger partial charge on any atom is -0.496 e. The van der Waals surface area contributed by atoms with Crippen LogP contribution in [0.1, 0.15) is 67.0 Å². The van der Waals surface area contributed by atoms with E-state index < -0.39 is 12.0 Å². The summed E-state index contributed by atoms with van der Waals surface area (Å²) in [6.45, 7) is 1.74. The second-order valence-electron chi connectivity index (χ2n) is 9.34. The second-order valence-corrected chi connectivity index (χ2v) is 9.34. The monoisotopic (exact) mass is 490 g/mol. The number of anilines is 1. The lowest BCUT2D eigenvalue weighted by molar-refractivity contribution is 0.102. The zero-order valence-electron chi connectivity index (χ0n) is 20.6. The van der Waals surface area contributed by atoms with Gasteiger partial charge in [0.15, 0.2) is 0 Å². The molecule has 3 aromatic heterocycles. The van der Waals surface area contributed by atoms with Gasteiger partial charge >= 0.3 is 0 Å². The van der Waals surface area contributed by atoms with E-state index in [1.54, 1.807) is 50.6 Å². The summed E-state index contributed by atoms with van der Waals surface area (Å²) in [5.41, 5.74) is 0.999. The van der Waals surface area contributed by atoms with Crippen molar-refractivity contribution < 1.29 is 14.6 Å². The highest BCUT2D eigenvalue weighted by molar-refractivity contribution is 6.08. The summed E-state index contributed by atoms with van der Waals surface area (Å²) in [6, 6.07) is 7.34. The number of hydrogen-bond donors (Lipinski definition) is 2. The van der Waals surface area contributed by atoms with Crippen LogP contribution < -0.4 is 15.6 Å². The number of aryl methyl sites for hydroxylation is 1. The number of carbonyl (C=O) groups excluding carboxylic acids is 1. The van der Waals surface area contributed by atoms with E-state index in [4.69, 9.17) is 9.84 Å². The van der Waals surface area contributed by atoms with Crippen LogP contribution in [0.2, 0.25) is 0 Å². The van der Waals surface area contributed by atoms with Crippen LogP contribution in [0.5, 0.6) is 5.75 Å². The number of nitrogens with zero attached hydrogens (tertiary/aromatic N) is 5. The molecule has 0 aliphatic heterocycles. The standard InChI is InChI=1S/C26H30N6O4/c1-16(33)24-27-10-12-31(24)18-6-8-19(9-7-18)32-15-17-13-20(23(36-3)14-22(17)29-32)25(34)28-21-5-4-11-30(2)26(21)35/h4-5,10-16,18-19,33H,6-9H2,1-3H3,(H,28,34)/t16?,18-,19-. The third-order valence-corrected chi connectivity index (χ3v) is 6.97. The molecule has 4 aromatic rings. The summed E-state index contributed by atoms with van der Waals surface area (Å²) in [4.78, 5) is 29.7. The number of fused-ring (bicyclic) bond motifs is 1. The van der Waals surface area contributed by atoms with Crippen LogP contribution >= 0.6 is 0 Å². The fourth-order valence-corrected chi connectivity index (χ4v) is 5.04. The highest BCUT2D eigenvalue weighted by Gasteiger charge is 2.26. The number of imidazole rings is 1. The number of pyridine rings is 1. The number of rotatable bonds is 6. The minimum absolute atomic E-state index is 0.205. The molecular weight excluding hydrogens is 460 g/mol. The molecule has 0 bridgehead atoms. The molecule has 1 unspecified atom stereocenters. The summed E-state index contributed by atoms with van der Waals surface area (Å²) < 4.78 is 11.0. The maximum atomic E-state index is 13.0. The molecule has 36 heavy (non-hydrogen) atoms. The lowest BCUT2D eigenvalue weighted by atomic mass is 9.91. The zero-order chi connectivity index (χ0) is 25.4. The molecular formula is C26H30N6O4. The molecule has 1 atom stereocenters.